The highest BCUT2D eigenvalue weighted by Crippen LogP contribution is 2.49. The molecule has 114 valence electrons. The molecule has 1 N–H and O–H groups in total. The second-order valence-corrected chi connectivity index (χ2v) is 7.32. The molecule has 0 saturated heterocycles. The summed E-state index contributed by atoms with van der Waals surface area (Å²) in [4.78, 5) is 11.2. The maximum absolute atomic E-state index is 11.2. The number of carboxylic acids is 1. The molecule has 1 atom stereocenters. The summed E-state index contributed by atoms with van der Waals surface area (Å²) in [5.41, 5.74) is 2.22. The fourth-order valence-electron chi connectivity index (χ4n) is 2.89. The van der Waals surface area contributed by atoms with Gasteiger partial charge in [-0.2, -0.15) is 0 Å². The van der Waals surface area contributed by atoms with Gasteiger partial charge in [0.2, 0.25) is 0 Å². The molecule has 0 bridgehead atoms. The Bertz CT molecular complexity index is 547. The minimum Gasteiger partial charge on any atom is -0.492 e. The van der Waals surface area contributed by atoms with Gasteiger partial charge in [-0.15, -0.1) is 0 Å². The molecule has 0 amide bonds. The van der Waals surface area contributed by atoms with Crippen LogP contribution in [0.1, 0.15) is 49.1 Å². The number of hydrogen-bond acceptors (Lipinski definition) is 2. The van der Waals surface area contributed by atoms with E-state index in [-0.39, 0.29) is 12.3 Å². The number of ether oxygens (including phenoxy) is 1. The molecule has 1 aromatic carbocycles. The van der Waals surface area contributed by atoms with Gasteiger partial charge in [-0.25, -0.2) is 0 Å². The van der Waals surface area contributed by atoms with Gasteiger partial charge in [0.1, 0.15) is 5.75 Å². The van der Waals surface area contributed by atoms with Crippen LogP contribution in [0.25, 0.3) is 0 Å². The van der Waals surface area contributed by atoms with Gasteiger partial charge >= 0.3 is 5.97 Å². The van der Waals surface area contributed by atoms with E-state index in [0.29, 0.717) is 11.8 Å². The maximum atomic E-state index is 11.2. The van der Waals surface area contributed by atoms with E-state index in [0.717, 1.165) is 40.8 Å². The van der Waals surface area contributed by atoms with Crippen molar-refractivity contribution in [1.29, 1.82) is 0 Å². The largest absolute Gasteiger partial charge is 0.492 e. The van der Waals surface area contributed by atoms with Crippen LogP contribution in [0.15, 0.2) is 16.6 Å². The van der Waals surface area contributed by atoms with E-state index in [1.54, 1.807) is 0 Å². The van der Waals surface area contributed by atoms with E-state index in [9.17, 15) is 9.90 Å². The minimum atomic E-state index is -0.724. The fourth-order valence-corrected chi connectivity index (χ4v) is 3.59. The Morgan fingerprint density at radius 3 is 2.67 bits per heavy atom. The van der Waals surface area contributed by atoms with Gasteiger partial charge in [0.15, 0.2) is 0 Å². The standard InChI is InChI=1S/C17H21BrO3/c1-10-6-14(13(8-16(19)20)12-4-5-12)17(15(18)7-10)21-9-11-2-3-11/h6-7,11-13H,2-5,8-9H2,1H3,(H,19,20). The third-order valence-electron chi connectivity index (χ3n) is 4.36. The first-order chi connectivity index (χ1) is 10.0. The monoisotopic (exact) mass is 352 g/mol. The number of aryl methyl sites for hydroxylation is 1. The molecule has 0 aliphatic heterocycles. The predicted molar refractivity (Wildman–Crippen MR) is 84.8 cm³/mol. The summed E-state index contributed by atoms with van der Waals surface area (Å²) in [7, 11) is 0. The van der Waals surface area contributed by atoms with E-state index >= 15 is 0 Å². The number of halogens is 1. The Labute approximate surface area is 133 Å². The second-order valence-electron chi connectivity index (χ2n) is 6.46. The van der Waals surface area contributed by atoms with Crippen molar-refractivity contribution in [3.8, 4) is 5.75 Å². The molecule has 1 aromatic rings. The maximum Gasteiger partial charge on any atom is 0.303 e. The molecule has 2 saturated carbocycles. The van der Waals surface area contributed by atoms with Gasteiger partial charge in [-0.3, -0.25) is 4.79 Å². The van der Waals surface area contributed by atoms with Crippen LogP contribution in [-0.2, 0) is 4.79 Å². The van der Waals surface area contributed by atoms with Gasteiger partial charge in [0.25, 0.3) is 0 Å². The summed E-state index contributed by atoms with van der Waals surface area (Å²) in [5, 5.41) is 9.23. The van der Waals surface area contributed by atoms with Crippen LogP contribution in [-0.4, -0.2) is 17.7 Å². The van der Waals surface area contributed by atoms with Crippen molar-refractivity contribution >= 4 is 21.9 Å². The summed E-state index contributed by atoms with van der Waals surface area (Å²) >= 11 is 3.60. The lowest BCUT2D eigenvalue weighted by Gasteiger charge is -2.21. The molecule has 3 rings (SSSR count). The Hall–Kier alpha value is -1.03. The number of aliphatic carboxylic acids is 1. The van der Waals surface area contributed by atoms with Crippen LogP contribution in [0, 0.1) is 18.8 Å². The van der Waals surface area contributed by atoms with Crippen molar-refractivity contribution in [1.82, 2.24) is 0 Å². The van der Waals surface area contributed by atoms with Gasteiger partial charge in [0, 0.05) is 5.92 Å². The number of carbonyl (C=O) groups is 1. The van der Waals surface area contributed by atoms with Crippen LogP contribution < -0.4 is 4.74 Å². The highest BCUT2D eigenvalue weighted by atomic mass is 79.9. The molecule has 2 aliphatic rings. The van der Waals surface area contributed by atoms with Gasteiger partial charge in [0.05, 0.1) is 17.5 Å². The molecule has 3 nitrogen and oxygen atoms in total. The Morgan fingerprint density at radius 1 is 1.38 bits per heavy atom. The van der Waals surface area contributed by atoms with Crippen LogP contribution >= 0.6 is 15.9 Å². The van der Waals surface area contributed by atoms with Crippen LogP contribution in [0.4, 0.5) is 0 Å². The van der Waals surface area contributed by atoms with E-state index < -0.39 is 5.97 Å². The fraction of sp³-hybridized carbons (Fsp3) is 0.588. The molecule has 2 fully saturated rings. The molecule has 0 heterocycles. The smallest absolute Gasteiger partial charge is 0.303 e. The van der Waals surface area contributed by atoms with E-state index in [1.165, 1.54) is 12.8 Å². The number of hydrogen-bond donors (Lipinski definition) is 1. The van der Waals surface area contributed by atoms with Crippen LogP contribution in [0.2, 0.25) is 0 Å². The topological polar surface area (TPSA) is 46.5 Å². The van der Waals surface area contributed by atoms with Crippen molar-refractivity contribution in [2.45, 2.75) is 44.9 Å². The SMILES string of the molecule is Cc1cc(Br)c(OCC2CC2)c(C(CC(=O)O)C2CC2)c1. The van der Waals surface area contributed by atoms with Crippen molar-refractivity contribution < 1.29 is 14.6 Å². The van der Waals surface area contributed by atoms with E-state index in [1.807, 2.05) is 6.92 Å². The summed E-state index contributed by atoms with van der Waals surface area (Å²) in [5.74, 6) is 1.40. The van der Waals surface area contributed by atoms with Crippen molar-refractivity contribution in [2.75, 3.05) is 6.61 Å². The third-order valence-corrected chi connectivity index (χ3v) is 4.95. The molecule has 0 radical (unpaired) electrons. The Morgan fingerprint density at radius 2 is 2.10 bits per heavy atom. The molecular formula is C17H21BrO3. The van der Waals surface area contributed by atoms with E-state index in [4.69, 9.17) is 4.74 Å². The quantitative estimate of drug-likeness (QED) is 0.784. The van der Waals surface area contributed by atoms with Gasteiger partial charge in [-0.05, 0) is 77.6 Å². The normalized spacial score (nSPS) is 19.3. The number of carboxylic acid groups (broad SMARTS) is 1. The zero-order chi connectivity index (χ0) is 15.0. The first-order valence-electron chi connectivity index (χ1n) is 7.69. The third kappa shape index (κ3) is 3.79. The van der Waals surface area contributed by atoms with Gasteiger partial charge in [-0.1, -0.05) is 6.07 Å². The molecule has 0 aromatic heterocycles. The van der Waals surface area contributed by atoms with Crippen LogP contribution in [0.5, 0.6) is 5.75 Å². The Kier molecular flexibility index (Phi) is 4.25. The first-order valence-corrected chi connectivity index (χ1v) is 8.48. The van der Waals surface area contributed by atoms with Crippen molar-refractivity contribution in [3.05, 3.63) is 27.7 Å². The lowest BCUT2D eigenvalue weighted by atomic mass is 9.89. The molecule has 0 spiro atoms. The van der Waals surface area contributed by atoms with Crippen LogP contribution in [0.3, 0.4) is 0 Å². The second kappa shape index (κ2) is 5.99. The zero-order valence-electron chi connectivity index (χ0n) is 12.3. The van der Waals surface area contributed by atoms with E-state index in [2.05, 4.69) is 28.1 Å². The highest BCUT2D eigenvalue weighted by Gasteiger charge is 2.36. The summed E-state index contributed by atoms with van der Waals surface area (Å²) in [6, 6.07) is 4.16. The minimum absolute atomic E-state index is 0.0768. The molecule has 2 aliphatic carbocycles. The average Bonchev–Trinajstić information content (AvgIpc) is 3.25. The molecule has 21 heavy (non-hydrogen) atoms. The predicted octanol–water partition coefficient (Wildman–Crippen LogP) is 4.51. The zero-order valence-corrected chi connectivity index (χ0v) is 13.9. The lowest BCUT2D eigenvalue weighted by Crippen LogP contribution is -2.12. The summed E-state index contributed by atoms with van der Waals surface area (Å²) in [6.07, 6.45) is 4.96. The van der Waals surface area contributed by atoms with Gasteiger partial charge < -0.3 is 9.84 Å². The first kappa shape index (κ1) is 14.9. The lowest BCUT2D eigenvalue weighted by molar-refractivity contribution is -0.137. The number of rotatable bonds is 7. The van der Waals surface area contributed by atoms with Crippen molar-refractivity contribution in [2.24, 2.45) is 11.8 Å². The Balaban J connectivity index is 1.90. The van der Waals surface area contributed by atoms with Crippen molar-refractivity contribution in [3.63, 3.8) is 0 Å². The summed E-state index contributed by atoms with van der Waals surface area (Å²) < 4.78 is 7.00. The number of benzene rings is 1. The highest BCUT2D eigenvalue weighted by molar-refractivity contribution is 9.10. The molecular weight excluding hydrogens is 332 g/mol. The summed E-state index contributed by atoms with van der Waals surface area (Å²) in [6.45, 7) is 2.79. The molecule has 1 unspecified atom stereocenters. The molecule has 4 heteroatoms. The average molecular weight is 353 g/mol.